The van der Waals surface area contributed by atoms with Crippen molar-refractivity contribution < 1.29 is 31.3 Å². The fourth-order valence-electron chi connectivity index (χ4n) is 1.52. The van der Waals surface area contributed by atoms with Crippen molar-refractivity contribution >= 4 is 25.9 Å². The highest BCUT2D eigenvalue weighted by atomic mass is 32.2. The first kappa shape index (κ1) is 13.4. The second-order valence-corrected chi connectivity index (χ2v) is 7.30. The molecule has 3 N–H and O–H groups in total. The van der Waals surface area contributed by atoms with Gasteiger partial charge in [-0.25, -0.2) is 8.42 Å². The number of hydrogen-bond donors (Lipinski definition) is 3. The molecule has 0 aromatic carbocycles. The Morgan fingerprint density at radius 3 is 2.38 bits per heavy atom. The van der Waals surface area contributed by atoms with Crippen molar-refractivity contribution in [2.24, 2.45) is 0 Å². The zero-order valence-corrected chi connectivity index (χ0v) is 9.66. The summed E-state index contributed by atoms with van der Waals surface area (Å²) in [5, 5.41) is 9.14. The van der Waals surface area contributed by atoms with Gasteiger partial charge in [0, 0.05) is 6.04 Å². The molecule has 0 amide bonds. The summed E-state index contributed by atoms with van der Waals surface area (Å²) >= 11 is 0. The smallest absolute Gasteiger partial charge is 0.317 e. The molecule has 0 bridgehead atoms. The summed E-state index contributed by atoms with van der Waals surface area (Å²) in [4.78, 5) is 10.2. The molecule has 16 heavy (non-hydrogen) atoms. The topological polar surface area (TPSA) is 138 Å². The Morgan fingerprint density at radius 1 is 1.38 bits per heavy atom. The molecule has 0 aromatic heterocycles. The number of carbonyl (C=O) groups is 1. The highest BCUT2D eigenvalue weighted by Gasteiger charge is 2.44. The van der Waals surface area contributed by atoms with Crippen molar-refractivity contribution in [2.75, 3.05) is 18.1 Å². The van der Waals surface area contributed by atoms with E-state index in [-0.39, 0.29) is 0 Å². The van der Waals surface area contributed by atoms with E-state index in [1.54, 1.807) is 0 Å². The maximum absolute atomic E-state index is 11.2. The molecule has 1 aliphatic rings. The quantitative estimate of drug-likeness (QED) is 0.487. The van der Waals surface area contributed by atoms with Gasteiger partial charge in [-0.2, -0.15) is 8.42 Å². The minimum Gasteiger partial charge on any atom is -0.480 e. The number of carboxylic acids is 1. The average Bonchev–Trinajstić information content (AvgIpc) is 2.37. The van der Waals surface area contributed by atoms with Gasteiger partial charge in [-0.15, -0.1) is 0 Å². The van der Waals surface area contributed by atoms with Gasteiger partial charge in [0.25, 0.3) is 10.1 Å². The molecule has 8 nitrogen and oxygen atoms in total. The third-order valence-electron chi connectivity index (χ3n) is 2.20. The summed E-state index contributed by atoms with van der Waals surface area (Å²) in [6, 6.07) is -1.09. The van der Waals surface area contributed by atoms with Gasteiger partial charge in [-0.05, 0) is 0 Å². The number of hydrogen-bond acceptors (Lipinski definition) is 6. The lowest BCUT2D eigenvalue weighted by atomic mass is 10.2. The molecule has 0 saturated carbocycles. The summed E-state index contributed by atoms with van der Waals surface area (Å²) in [5.41, 5.74) is 0. The highest BCUT2D eigenvalue weighted by molar-refractivity contribution is 7.94. The summed E-state index contributed by atoms with van der Waals surface area (Å²) < 4.78 is 52.9. The van der Waals surface area contributed by atoms with Crippen molar-refractivity contribution in [3.63, 3.8) is 0 Å². The van der Waals surface area contributed by atoms with E-state index in [2.05, 4.69) is 5.32 Å². The molecule has 1 heterocycles. The first-order chi connectivity index (χ1) is 7.12. The fraction of sp³-hybridized carbons (Fsp3) is 0.833. The summed E-state index contributed by atoms with van der Waals surface area (Å²) in [7, 11) is -8.08. The normalized spacial score (nSPS) is 29.1. The van der Waals surface area contributed by atoms with Gasteiger partial charge in [0.2, 0.25) is 0 Å². The van der Waals surface area contributed by atoms with Gasteiger partial charge in [0.15, 0.2) is 9.84 Å². The maximum Gasteiger partial charge on any atom is 0.317 e. The predicted octanol–water partition coefficient (Wildman–Crippen LogP) is -2.29. The minimum atomic E-state index is -4.51. The summed E-state index contributed by atoms with van der Waals surface area (Å²) in [5.74, 6) is -2.42. The monoisotopic (exact) mass is 273 g/mol. The van der Waals surface area contributed by atoms with Crippen LogP contribution in [0.4, 0.5) is 0 Å². The predicted molar refractivity (Wildman–Crippen MR) is 53.4 cm³/mol. The lowest BCUT2D eigenvalue weighted by Gasteiger charge is -2.15. The molecule has 2 atom stereocenters. The van der Waals surface area contributed by atoms with Crippen LogP contribution in [0.15, 0.2) is 0 Å². The Bertz CT molecular complexity index is 479. The molecule has 2 unspecified atom stereocenters. The van der Waals surface area contributed by atoms with Crippen LogP contribution in [-0.4, -0.2) is 61.8 Å². The molecule has 0 radical (unpaired) electrons. The van der Waals surface area contributed by atoms with Gasteiger partial charge >= 0.3 is 5.97 Å². The van der Waals surface area contributed by atoms with E-state index in [0.29, 0.717) is 0 Å². The molecule has 0 aliphatic carbocycles. The van der Waals surface area contributed by atoms with Crippen LogP contribution < -0.4 is 5.32 Å². The van der Waals surface area contributed by atoms with Crippen molar-refractivity contribution in [1.29, 1.82) is 0 Å². The molecule has 0 spiro atoms. The van der Waals surface area contributed by atoms with E-state index in [9.17, 15) is 21.6 Å². The van der Waals surface area contributed by atoms with Crippen LogP contribution >= 0.6 is 0 Å². The third-order valence-corrected chi connectivity index (χ3v) is 5.40. The standard InChI is InChI=1S/C6H11NO7S2/c8-6(9)1-7-4-2-15(10,11)3-5(4)16(12,13)14/h4-5,7H,1-3H2,(H,8,9)(H,12,13,14). The van der Waals surface area contributed by atoms with E-state index < -0.39 is 55.3 Å². The van der Waals surface area contributed by atoms with Crippen LogP contribution in [0.5, 0.6) is 0 Å². The van der Waals surface area contributed by atoms with Crippen LogP contribution in [-0.2, 0) is 24.7 Å². The van der Waals surface area contributed by atoms with E-state index in [1.807, 2.05) is 0 Å². The van der Waals surface area contributed by atoms with Gasteiger partial charge in [0.05, 0.1) is 18.1 Å². The Labute approximate surface area is 92.3 Å². The van der Waals surface area contributed by atoms with Crippen molar-refractivity contribution in [3.8, 4) is 0 Å². The molecule has 10 heteroatoms. The first-order valence-electron chi connectivity index (χ1n) is 4.24. The third kappa shape index (κ3) is 3.40. The molecular formula is C6H11NO7S2. The second kappa shape index (κ2) is 4.28. The zero-order valence-electron chi connectivity index (χ0n) is 8.03. The number of sulfone groups is 1. The molecule has 1 aliphatic heterocycles. The Hall–Kier alpha value is -0.710. The van der Waals surface area contributed by atoms with Crippen molar-refractivity contribution in [1.82, 2.24) is 5.32 Å². The van der Waals surface area contributed by atoms with Gasteiger partial charge < -0.3 is 10.4 Å². The number of aliphatic carboxylic acids is 1. The molecule has 1 rings (SSSR count). The first-order valence-corrected chi connectivity index (χ1v) is 7.56. The summed E-state index contributed by atoms with van der Waals surface area (Å²) in [6.07, 6.45) is 0. The minimum absolute atomic E-state index is 0.495. The van der Waals surface area contributed by atoms with Gasteiger partial charge in [-0.1, -0.05) is 0 Å². The van der Waals surface area contributed by atoms with Gasteiger partial charge in [0.1, 0.15) is 5.25 Å². The molecule has 1 fully saturated rings. The number of nitrogens with one attached hydrogen (secondary N) is 1. The zero-order chi connectivity index (χ0) is 12.6. The second-order valence-electron chi connectivity index (χ2n) is 3.51. The largest absolute Gasteiger partial charge is 0.480 e. The Morgan fingerprint density at radius 2 is 1.94 bits per heavy atom. The van der Waals surface area contributed by atoms with Gasteiger partial charge in [-0.3, -0.25) is 9.35 Å². The van der Waals surface area contributed by atoms with Crippen LogP contribution in [0.25, 0.3) is 0 Å². The fourth-order valence-corrected chi connectivity index (χ4v) is 5.32. The lowest BCUT2D eigenvalue weighted by Crippen LogP contribution is -2.45. The van der Waals surface area contributed by atoms with E-state index in [0.717, 1.165) is 0 Å². The van der Waals surface area contributed by atoms with Crippen LogP contribution in [0, 0.1) is 0 Å². The Balaban J connectivity index is 2.85. The van der Waals surface area contributed by atoms with Crippen molar-refractivity contribution in [2.45, 2.75) is 11.3 Å². The van der Waals surface area contributed by atoms with E-state index >= 15 is 0 Å². The highest BCUT2D eigenvalue weighted by Crippen LogP contribution is 2.18. The van der Waals surface area contributed by atoms with Crippen LogP contribution in [0.3, 0.4) is 0 Å². The molecule has 94 valence electrons. The number of rotatable bonds is 4. The van der Waals surface area contributed by atoms with Crippen LogP contribution in [0.2, 0.25) is 0 Å². The molecule has 0 aromatic rings. The molecule has 1 saturated heterocycles. The molecular weight excluding hydrogens is 262 g/mol. The van der Waals surface area contributed by atoms with E-state index in [4.69, 9.17) is 9.66 Å². The number of carboxylic acid groups (broad SMARTS) is 1. The Kier molecular flexibility index (Phi) is 3.57. The van der Waals surface area contributed by atoms with Crippen LogP contribution in [0.1, 0.15) is 0 Å². The maximum atomic E-state index is 11.2. The van der Waals surface area contributed by atoms with Crippen molar-refractivity contribution in [3.05, 3.63) is 0 Å². The average molecular weight is 273 g/mol. The lowest BCUT2D eigenvalue weighted by molar-refractivity contribution is -0.136. The summed E-state index contributed by atoms with van der Waals surface area (Å²) in [6.45, 7) is -0.563. The van der Waals surface area contributed by atoms with E-state index in [1.165, 1.54) is 0 Å². The SMILES string of the molecule is O=C(O)CNC1CS(=O)(=O)CC1S(=O)(=O)O.